The number of nitriles is 1. The van der Waals surface area contributed by atoms with Crippen molar-refractivity contribution in [3.63, 3.8) is 0 Å². The summed E-state index contributed by atoms with van der Waals surface area (Å²) in [7, 11) is 1.93. The van der Waals surface area contributed by atoms with Crippen molar-refractivity contribution in [1.82, 2.24) is 4.90 Å². The smallest absolute Gasteiger partial charge is 0.185 e. The van der Waals surface area contributed by atoms with E-state index in [0.717, 1.165) is 0 Å². The normalized spacial score (nSPS) is 41.4. The Labute approximate surface area is 87.8 Å². The van der Waals surface area contributed by atoms with Crippen LogP contribution in [0.15, 0.2) is 12.2 Å². The SMILES string of the molecule is CSC12CC(C#N)C(C=CC1=O)N2C. The Balaban J connectivity index is 2.46. The molecule has 2 aliphatic rings. The highest BCUT2D eigenvalue weighted by Crippen LogP contribution is 2.46. The predicted molar refractivity (Wildman–Crippen MR) is 55.7 cm³/mol. The van der Waals surface area contributed by atoms with E-state index in [2.05, 4.69) is 6.07 Å². The van der Waals surface area contributed by atoms with Gasteiger partial charge in [0.1, 0.15) is 4.87 Å². The molecule has 0 spiro atoms. The monoisotopic (exact) mass is 208 g/mol. The van der Waals surface area contributed by atoms with Crippen molar-refractivity contribution in [3.05, 3.63) is 12.2 Å². The highest BCUT2D eigenvalue weighted by Gasteiger charge is 2.54. The highest BCUT2D eigenvalue weighted by molar-refractivity contribution is 8.00. The van der Waals surface area contributed by atoms with E-state index in [0.29, 0.717) is 6.42 Å². The zero-order chi connectivity index (χ0) is 10.3. The summed E-state index contributed by atoms with van der Waals surface area (Å²) in [5.41, 5.74) is 0. The standard InChI is InChI=1S/C10H12N2OS/c1-12-8-3-4-9(13)10(12,14-2)5-7(8)6-11/h3-4,7-8H,5H2,1-2H3. The summed E-state index contributed by atoms with van der Waals surface area (Å²) in [4.78, 5) is 13.4. The number of thioether (sulfide) groups is 1. The van der Waals surface area contributed by atoms with Crippen LogP contribution in [-0.2, 0) is 4.79 Å². The molecule has 3 nitrogen and oxygen atoms in total. The number of fused-ring (bicyclic) bond motifs is 2. The topological polar surface area (TPSA) is 44.1 Å². The molecule has 74 valence electrons. The van der Waals surface area contributed by atoms with Gasteiger partial charge in [0.2, 0.25) is 0 Å². The Morgan fingerprint density at radius 1 is 1.79 bits per heavy atom. The molecule has 0 aromatic rings. The summed E-state index contributed by atoms with van der Waals surface area (Å²) >= 11 is 1.54. The van der Waals surface area contributed by atoms with E-state index in [1.54, 1.807) is 17.8 Å². The number of hydrogen-bond acceptors (Lipinski definition) is 4. The fourth-order valence-electron chi connectivity index (χ4n) is 2.38. The second-order valence-electron chi connectivity index (χ2n) is 3.75. The third-order valence-corrected chi connectivity index (χ3v) is 4.59. The molecule has 3 atom stereocenters. The van der Waals surface area contributed by atoms with E-state index >= 15 is 0 Å². The van der Waals surface area contributed by atoms with Crippen LogP contribution in [0.2, 0.25) is 0 Å². The molecule has 0 aromatic heterocycles. The Kier molecular flexibility index (Phi) is 2.17. The minimum absolute atomic E-state index is 0.0462. The molecule has 2 aliphatic heterocycles. The first-order valence-corrected chi connectivity index (χ1v) is 5.78. The number of carbonyl (C=O) groups excluding carboxylic acids is 1. The van der Waals surface area contributed by atoms with Crippen molar-refractivity contribution >= 4 is 17.5 Å². The molecule has 14 heavy (non-hydrogen) atoms. The van der Waals surface area contributed by atoms with Crippen molar-refractivity contribution in [2.45, 2.75) is 17.3 Å². The number of nitrogens with zero attached hydrogens (tertiary/aromatic N) is 2. The third-order valence-electron chi connectivity index (χ3n) is 3.26. The van der Waals surface area contributed by atoms with Gasteiger partial charge in [-0.05, 0) is 19.4 Å². The van der Waals surface area contributed by atoms with Crippen molar-refractivity contribution in [2.75, 3.05) is 13.3 Å². The quantitative estimate of drug-likeness (QED) is 0.645. The molecular formula is C10H12N2OS. The molecular weight excluding hydrogens is 196 g/mol. The van der Waals surface area contributed by atoms with Gasteiger partial charge in [-0.3, -0.25) is 9.69 Å². The fourth-order valence-corrected chi connectivity index (χ4v) is 3.40. The van der Waals surface area contributed by atoms with Crippen LogP contribution in [0.1, 0.15) is 6.42 Å². The maximum atomic E-state index is 11.8. The summed E-state index contributed by atoms with van der Waals surface area (Å²) in [6, 6.07) is 2.40. The van der Waals surface area contributed by atoms with Crippen molar-refractivity contribution in [3.8, 4) is 6.07 Å². The fraction of sp³-hybridized carbons (Fsp3) is 0.600. The average Bonchev–Trinajstić information content (AvgIpc) is 2.38. The first-order chi connectivity index (χ1) is 6.65. The van der Waals surface area contributed by atoms with Gasteiger partial charge in [0, 0.05) is 12.5 Å². The Hall–Kier alpha value is -0.790. The van der Waals surface area contributed by atoms with E-state index in [-0.39, 0.29) is 17.7 Å². The Bertz CT molecular complexity index is 347. The predicted octanol–water partition coefficient (Wildman–Crippen LogP) is 1.03. The van der Waals surface area contributed by atoms with Crippen LogP contribution in [0.5, 0.6) is 0 Å². The Morgan fingerprint density at radius 3 is 3.00 bits per heavy atom. The van der Waals surface area contributed by atoms with Crippen molar-refractivity contribution in [1.29, 1.82) is 5.26 Å². The second kappa shape index (κ2) is 3.11. The van der Waals surface area contributed by atoms with Gasteiger partial charge >= 0.3 is 0 Å². The molecule has 0 N–H and O–H groups in total. The molecule has 0 aliphatic carbocycles. The third kappa shape index (κ3) is 0.999. The molecule has 3 unspecified atom stereocenters. The lowest BCUT2D eigenvalue weighted by atomic mass is 10.0. The van der Waals surface area contributed by atoms with Gasteiger partial charge in [0.05, 0.1) is 12.0 Å². The summed E-state index contributed by atoms with van der Waals surface area (Å²) in [6.07, 6.45) is 6.08. The zero-order valence-electron chi connectivity index (χ0n) is 8.23. The number of hydrogen-bond donors (Lipinski definition) is 0. The zero-order valence-corrected chi connectivity index (χ0v) is 9.04. The first kappa shape index (κ1) is 9.75. The van der Waals surface area contributed by atoms with Crippen LogP contribution < -0.4 is 0 Å². The summed E-state index contributed by atoms with van der Waals surface area (Å²) < 4.78 is 0. The molecule has 2 bridgehead atoms. The highest BCUT2D eigenvalue weighted by atomic mass is 32.2. The average molecular weight is 208 g/mol. The minimum Gasteiger partial charge on any atom is -0.292 e. The maximum Gasteiger partial charge on any atom is 0.185 e. The molecule has 4 heteroatoms. The maximum absolute atomic E-state index is 11.8. The van der Waals surface area contributed by atoms with Gasteiger partial charge < -0.3 is 0 Å². The number of likely N-dealkylation sites (N-methyl/N-ethyl adjacent to an activating group) is 1. The van der Waals surface area contributed by atoms with Crippen molar-refractivity contribution < 1.29 is 4.79 Å². The molecule has 0 saturated carbocycles. The lowest BCUT2D eigenvalue weighted by Gasteiger charge is -2.36. The van der Waals surface area contributed by atoms with E-state index in [4.69, 9.17) is 5.26 Å². The molecule has 2 rings (SSSR count). The van der Waals surface area contributed by atoms with E-state index in [9.17, 15) is 4.79 Å². The molecule has 0 radical (unpaired) electrons. The first-order valence-electron chi connectivity index (χ1n) is 4.56. The summed E-state index contributed by atoms with van der Waals surface area (Å²) in [5.74, 6) is 0.0802. The number of ketones is 1. The van der Waals surface area contributed by atoms with Crippen LogP contribution >= 0.6 is 11.8 Å². The Morgan fingerprint density at radius 2 is 2.50 bits per heavy atom. The summed E-state index contributed by atoms with van der Waals surface area (Å²) in [5, 5.41) is 9.00. The largest absolute Gasteiger partial charge is 0.292 e. The van der Waals surface area contributed by atoms with Crippen LogP contribution in [0, 0.1) is 17.2 Å². The molecule has 2 heterocycles. The van der Waals surface area contributed by atoms with Crippen LogP contribution in [0.4, 0.5) is 0 Å². The minimum atomic E-state index is -0.472. The van der Waals surface area contributed by atoms with Gasteiger partial charge in [-0.2, -0.15) is 5.26 Å². The van der Waals surface area contributed by atoms with Gasteiger partial charge in [-0.1, -0.05) is 6.08 Å². The van der Waals surface area contributed by atoms with Gasteiger partial charge in [-0.25, -0.2) is 0 Å². The van der Waals surface area contributed by atoms with Crippen LogP contribution in [0.25, 0.3) is 0 Å². The summed E-state index contributed by atoms with van der Waals surface area (Å²) in [6.45, 7) is 0. The van der Waals surface area contributed by atoms with Gasteiger partial charge in [-0.15, -0.1) is 11.8 Å². The number of carbonyl (C=O) groups is 1. The number of rotatable bonds is 1. The molecule has 1 saturated heterocycles. The lowest BCUT2D eigenvalue weighted by Crippen LogP contribution is -2.49. The van der Waals surface area contributed by atoms with Crippen LogP contribution in [0.3, 0.4) is 0 Å². The van der Waals surface area contributed by atoms with E-state index in [1.165, 1.54) is 0 Å². The van der Waals surface area contributed by atoms with Gasteiger partial charge in [0.25, 0.3) is 0 Å². The van der Waals surface area contributed by atoms with Gasteiger partial charge in [0.15, 0.2) is 5.78 Å². The van der Waals surface area contributed by atoms with Crippen LogP contribution in [-0.4, -0.2) is 34.9 Å². The van der Waals surface area contributed by atoms with E-state index < -0.39 is 4.87 Å². The van der Waals surface area contributed by atoms with E-state index in [1.807, 2.05) is 24.3 Å². The molecule has 0 aromatic carbocycles. The van der Waals surface area contributed by atoms with Crippen molar-refractivity contribution in [2.24, 2.45) is 5.92 Å². The second-order valence-corrected chi connectivity index (χ2v) is 4.84. The molecule has 1 fully saturated rings. The lowest BCUT2D eigenvalue weighted by molar-refractivity contribution is -0.120. The molecule has 0 amide bonds.